The van der Waals surface area contributed by atoms with Gasteiger partial charge in [-0.25, -0.2) is 0 Å². The molecular weight excluding hydrogens is 196 g/mol. The molecular formula is C15H20O. The van der Waals surface area contributed by atoms with Crippen molar-refractivity contribution in [3.8, 4) is 0 Å². The lowest BCUT2D eigenvalue weighted by atomic mass is 10.1. The van der Waals surface area contributed by atoms with Gasteiger partial charge in [0.25, 0.3) is 0 Å². The van der Waals surface area contributed by atoms with E-state index in [4.69, 9.17) is 4.42 Å². The molecule has 1 rings (SSSR count). The van der Waals surface area contributed by atoms with Crippen LogP contribution in [0.1, 0.15) is 32.3 Å². The fourth-order valence-electron chi connectivity index (χ4n) is 1.45. The van der Waals surface area contributed by atoms with Crippen LogP contribution in [-0.4, -0.2) is 0 Å². The minimum atomic E-state index is 1.01. The maximum atomic E-state index is 5.02. The summed E-state index contributed by atoms with van der Waals surface area (Å²) in [5.41, 5.74) is 3.77. The molecule has 86 valence electrons. The van der Waals surface area contributed by atoms with E-state index in [2.05, 4.69) is 31.7 Å². The first-order valence-corrected chi connectivity index (χ1v) is 5.67. The van der Waals surface area contributed by atoms with E-state index in [0.29, 0.717) is 0 Å². The van der Waals surface area contributed by atoms with Gasteiger partial charge < -0.3 is 4.42 Å². The van der Waals surface area contributed by atoms with Gasteiger partial charge >= 0.3 is 0 Å². The summed E-state index contributed by atoms with van der Waals surface area (Å²) < 4.78 is 5.02. The molecule has 1 aromatic heterocycles. The molecule has 0 aliphatic carbocycles. The molecule has 0 amide bonds. The highest BCUT2D eigenvalue weighted by atomic mass is 16.3. The van der Waals surface area contributed by atoms with Crippen LogP contribution < -0.4 is 0 Å². The third kappa shape index (κ3) is 5.40. The number of allylic oxidation sites excluding steroid dienone is 5. The summed E-state index contributed by atoms with van der Waals surface area (Å²) in [6, 6.07) is 2.02. The Labute approximate surface area is 98.2 Å². The van der Waals surface area contributed by atoms with Gasteiger partial charge in [0.2, 0.25) is 0 Å². The minimum absolute atomic E-state index is 1.01. The molecule has 0 aliphatic rings. The third-order valence-electron chi connectivity index (χ3n) is 2.35. The molecule has 0 aromatic carbocycles. The minimum Gasteiger partial charge on any atom is -0.472 e. The summed E-state index contributed by atoms with van der Waals surface area (Å²) >= 11 is 0. The van der Waals surface area contributed by atoms with Crippen LogP contribution in [0, 0.1) is 0 Å². The Morgan fingerprint density at radius 1 is 1.44 bits per heavy atom. The predicted molar refractivity (Wildman–Crippen MR) is 69.4 cm³/mol. The molecule has 0 fully saturated rings. The Balaban J connectivity index is 2.26. The van der Waals surface area contributed by atoms with Gasteiger partial charge in [-0.2, -0.15) is 0 Å². The van der Waals surface area contributed by atoms with Crippen LogP contribution in [0.3, 0.4) is 0 Å². The van der Waals surface area contributed by atoms with Crippen molar-refractivity contribution in [2.75, 3.05) is 0 Å². The molecule has 0 saturated heterocycles. The van der Waals surface area contributed by atoms with Crippen molar-refractivity contribution in [2.45, 2.75) is 33.1 Å². The van der Waals surface area contributed by atoms with Crippen molar-refractivity contribution in [1.29, 1.82) is 0 Å². The third-order valence-corrected chi connectivity index (χ3v) is 2.35. The smallest absolute Gasteiger partial charge is 0.0934 e. The number of hydrogen-bond acceptors (Lipinski definition) is 1. The lowest BCUT2D eigenvalue weighted by Gasteiger charge is -1.96. The lowest BCUT2D eigenvalue weighted by Crippen LogP contribution is -1.80. The van der Waals surface area contributed by atoms with E-state index in [9.17, 15) is 0 Å². The second kappa shape index (κ2) is 6.89. The molecule has 1 heteroatoms. The van der Waals surface area contributed by atoms with E-state index in [1.165, 1.54) is 11.1 Å². The average Bonchev–Trinajstić information content (AvgIpc) is 2.70. The van der Waals surface area contributed by atoms with Crippen LogP contribution >= 0.6 is 0 Å². The van der Waals surface area contributed by atoms with E-state index in [0.717, 1.165) is 24.8 Å². The van der Waals surface area contributed by atoms with Crippen molar-refractivity contribution < 1.29 is 4.42 Å². The largest absolute Gasteiger partial charge is 0.472 e. The highest BCUT2D eigenvalue weighted by molar-refractivity contribution is 5.15. The quantitative estimate of drug-likeness (QED) is 0.497. The van der Waals surface area contributed by atoms with E-state index < -0.39 is 0 Å². The fraction of sp³-hybridized carbons (Fsp3) is 0.333. The first-order valence-electron chi connectivity index (χ1n) is 5.67. The number of hydrogen-bond donors (Lipinski definition) is 0. The Kier molecular flexibility index (Phi) is 5.41. The summed E-state index contributed by atoms with van der Waals surface area (Å²) in [4.78, 5) is 0. The molecule has 1 nitrogen and oxygen atoms in total. The van der Waals surface area contributed by atoms with Crippen molar-refractivity contribution in [3.63, 3.8) is 0 Å². The first kappa shape index (κ1) is 12.6. The molecule has 0 atom stereocenters. The maximum Gasteiger partial charge on any atom is 0.0934 e. The van der Waals surface area contributed by atoms with E-state index in [1.807, 2.05) is 19.3 Å². The topological polar surface area (TPSA) is 13.1 Å². The number of aryl methyl sites for hydroxylation is 1. The van der Waals surface area contributed by atoms with Gasteiger partial charge in [-0.15, -0.1) is 0 Å². The van der Waals surface area contributed by atoms with Crippen LogP contribution in [0.5, 0.6) is 0 Å². The molecule has 16 heavy (non-hydrogen) atoms. The standard InChI is InChI=1S/C15H20O/c1-13(2)6-4-7-14(3)8-5-9-15-10-11-16-12-15/h4,6,8,10-12H,1,5,7,9H2,2-3H3. The molecule has 0 N–H and O–H groups in total. The predicted octanol–water partition coefficient (Wildman–Crippen LogP) is 4.68. The second-order valence-electron chi connectivity index (χ2n) is 4.17. The molecule has 0 spiro atoms. The van der Waals surface area contributed by atoms with Gasteiger partial charge in [0.05, 0.1) is 12.5 Å². The van der Waals surface area contributed by atoms with Gasteiger partial charge in [0.1, 0.15) is 0 Å². The zero-order chi connectivity index (χ0) is 11.8. The average molecular weight is 216 g/mol. The SMILES string of the molecule is C=C(C)C=CCC(C)=CCCc1ccoc1. The molecule has 0 bridgehead atoms. The summed E-state index contributed by atoms with van der Waals surface area (Å²) in [6.07, 6.45) is 13.2. The van der Waals surface area contributed by atoms with E-state index in [1.54, 1.807) is 6.26 Å². The highest BCUT2D eigenvalue weighted by Crippen LogP contribution is 2.08. The van der Waals surface area contributed by atoms with Gasteiger partial charge in [0.15, 0.2) is 0 Å². The normalized spacial score (nSPS) is 12.2. The molecule has 0 radical (unpaired) electrons. The van der Waals surface area contributed by atoms with Crippen molar-refractivity contribution >= 4 is 0 Å². The van der Waals surface area contributed by atoms with Gasteiger partial charge in [-0.05, 0) is 44.7 Å². The lowest BCUT2D eigenvalue weighted by molar-refractivity contribution is 0.564. The summed E-state index contributed by atoms with van der Waals surface area (Å²) in [5.74, 6) is 0. The summed E-state index contributed by atoms with van der Waals surface area (Å²) in [7, 11) is 0. The number of furan rings is 1. The Hall–Kier alpha value is -1.50. The van der Waals surface area contributed by atoms with Gasteiger partial charge in [0, 0.05) is 0 Å². The summed E-state index contributed by atoms with van der Waals surface area (Å²) in [5, 5.41) is 0. The van der Waals surface area contributed by atoms with Crippen molar-refractivity contribution in [1.82, 2.24) is 0 Å². The molecule has 0 saturated carbocycles. The maximum absolute atomic E-state index is 5.02. The summed E-state index contributed by atoms with van der Waals surface area (Å²) in [6.45, 7) is 8.00. The molecule has 1 aromatic rings. The zero-order valence-corrected chi connectivity index (χ0v) is 10.2. The van der Waals surface area contributed by atoms with Gasteiger partial charge in [-0.3, -0.25) is 0 Å². The Morgan fingerprint density at radius 2 is 2.25 bits per heavy atom. The van der Waals surface area contributed by atoms with E-state index in [-0.39, 0.29) is 0 Å². The first-order chi connectivity index (χ1) is 7.68. The van der Waals surface area contributed by atoms with Gasteiger partial charge in [-0.1, -0.05) is 36.0 Å². The Bertz CT molecular complexity index is 366. The van der Waals surface area contributed by atoms with Crippen LogP contribution in [0.15, 0.2) is 59.0 Å². The van der Waals surface area contributed by atoms with Crippen molar-refractivity contribution in [3.05, 3.63) is 60.1 Å². The van der Waals surface area contributed by atoms with Crippen LogP contribution in [0.25, 0.3) is 0 Å². The zero-order valence-electron chi connectivity index (χ0n) is 10.2. The number of rotatable bonds is 6. The van der Waals surface area contributed by atoms with Crippen LogP contribution in [-0.2, 0) is 6.42 Å². The molecule has 1 heterocycles. The molecule has 0 aliphatic heterocycles. The van der Waals surface area contributed by atoms with Crippen LogP contribution in [0.4, 0.5) is 0 Å². The van der Waals surface area contributed by atoms with E-state index >= 15 is 0 Å². The molecule has 0 unspecified atom stereocenters. The fourth-order valence-corrected chi connectivity index (χ4v) is 1.45. The highest BCUT2D eigenvalue weighted by Gasteiger charge is 1.92. The second-order valence-corrected chi connectivity index (χ2v) is 4.17. The Morgan fingerprint density at radius 3 is 2.88 bits per heavy atom. The van der Waals surface area contributed by atoms with Crippen molar-refractivity contribution in [2.24, 2.45) is 0 Å². The van der Waals surface area contributed by atoms with Crippen LogP contribution in [0.2, 0.25) is 0 Å². The monoisotopic (exact) mass is 216 g/mol.